The largest absolute Gasteiger partial charge is 0.240 e. The topological polar surface area (TPSA) is 64.5 Å². The van der Waals surface area contributed by atoms with Gasteiger partial charge in [0, 0.05) is 12.4 Å². The third-order valence-electron chi connectivity index (χ3n) is 0.918. The van der Waals surface area contributed by atoms with Crippen molar-refractivity contribution in [2.75, 3.05) is 0 Å². The van der Waals surface area contributed by atoms with Gasteiger partial charge in [0.2, 0.25) is 0 Å². The average molecular weight is 174 g/mol. The average Bonchev–Trinajstić information content (AvgIpc) is 2.04. The molecule has 5 nitrogen and oxygen atoms in total. The molecule has 0 radical (unpaired) electrons. The number of aromatic nitrogens is 2. The summed E-state index contributed by atoms with van der Waals surface area (Å²) in [6, 6.07) is 0. The van der Waals surface area contributed by atoms with Crippen molar-refractivity contribution >= 4 is 12.0 Å². The van der Waals surface area contributed by atoms with Crippen molar-refractivity contribution < 1.29 is 14.6 Å². The summed E-state index contributed by atoms with van der Waals surface area (Å²) < 4.78 is 4.15. The Kier molecular flexibility index (Phi) is 3.24. The molecule has 0 aliphatic carbocycles. The third kappa shape index (κ3) is 2.81. The SMILES string of the molecule is Cc1ncc(SOOO)cn1. The predicted octanol–water partition coefficient (Wildman–Crippen LogP) is 1.21. The Hall–Kier alpha value is -0.690. The predicted molar refractivity (Wildman–Crippen MR) is 37.4 cm³/mol. The molecule has 0 aliphatic rings. The molecule has 0 saturated carbocycles. The van der Waals surface area contributed by atoms with Crippen LogP contribution in [-0.2, 0) is 9.37 Å². The Bertz CT molecular complexity index is 215. The first-order chi connectivity index (χ1) is 5.33. The number of rotatable bonds is 3. The highest BCUT2D eigenvalue weighted by Gasteiger charge is 1.95. The van der Waals surface area contributed by atoms with Gasteiger partial charge in [-0.15, -0.1) is 4.33 Å². The van der Waals surface area contributed by atoms with E-state index in [1.807, 2.05) is 0 Å². The summed E-state index contributed by atoms with van der Waals surface area (Å²) in [6.45, 7) is 1.78. The highest BCUT2D eigenvalue weighted by Crippen LogP contribution is 2.15. The van der Waals surface area contributed by atoms with Crippen LogP contribution in [0.3, 0.4) is 0 Å². The maximum absolute atomic E-state index is 7.80. The molecule has 0 fully saturated rings. The van der Waals surface area contributed by atoms with Gasteiger partial charge in [0.05, 0.1) is 16.9 Å². The lowest BCUT2D eigenvalue weighted by Crippen LogP contribution is -1.86. The summed E-state index contributed by atoms with van der Waals surface area (Å²) >= 11 is 0.832. The van der Waals surface area contributed by atoms with E-state index in [0.29, 0.717) is 10.7 Å². The molecule has 60 valence electrons. The molecule has 0 saturated heterocycles. The van der Waals surface area contributed by atoms with Gasteiger partial charge in [0.25, 0.3) is 0 Å². The normalized spacial score (nSPS) is 10.0. The minimum absolute atomic E-state index is 0.657. The van der Waals surface area contributed by atoms with E-state index < -0.39 is 0 Å². The lowest BCUT2D eigenvalue weighted by molar-refractivity contribution is -0.432. The van der Waals surface area contributed by atoms with Crippen LogP contribution >= 0.6 is 12.0 Å². The van der Waals surface area contributed by atoms with Gasteiger partial charge in [-0.3, -0.25) is 0 Å². The van der Waals surface area contributed by atoms with E-state index in [1.54, 1.807) is 19.3 Å². The molecular formula is C5H6N2O3S. The fourth-order valence-corrected chi connectivity index (χ4v) is 0.779. The monoisotopic (exact) mass is 174 g/mol. The highest BCUT2D eigenvalue weighted by molar-refractivity contribution is 7.94. The van der Waals surface area contributed by atoms with Crippen LogP contribution in [0.2, 0.25) is 0 Å². The first-order valence-electron chi connectivity index (χ1n) is 2.76. The molecule has 1 aromatic heterocycles. The summed E-state index contributed by atoms with van der Waals surface area (Å²) in [6.07, 6.45) is 3.12. The number of aryl methyl sites for hydroxylation is 1. The molecule has 0 bridgehead atoms. The molecule has 0 aromatic carbocycles. The summed E-state index contributed by atoms with van der Waals surface area (Å²) in [5.41, 5.74) is 0. The maximum Gasteiger partial charge on any atom is 0.125 e. The molecule has 0 spiro atoms. The van der Waals surface area contributed by atoms with Gasteiger partial charge in [-0.2, -0.15) is 0 Å². The summed E-state index contributed by atoms with van der Waals surface area (Å²) in [5, 5.41) is 11.2. The molecule has 1 heterocycles. The molecule has 11 heavy (non-hydrogen) atoms. The molecular weight excluding hydrogens is 168 g/mol. The standard InChI is InChI=1S/C5H6N2O3S/c1-4-6-2-5(3-7-4)11-10-9-8/h2-3,8H,1H3. The van der Waals surface area contributed by atoms with Crippen LogP contribution in [0.15, 0.2) is 17.3 Å². The molecule has 0 atom stereocenters. The van der Waals surface area contributed by atoms with E-state index >= 15 is 0 Å². The number of hydrogen-bond donors (Lipinski definition) is 1. The smallest absolute Gasteiger partial charge is 0.125 e. The van der Waals surface area contributed by atoms with Crippen LogP contribution in [0, 0.1) is 6.92 Å². The minimum atomic E-state index is 0.657. The molecule has 6 heteroatoms. The third-order valence-corrected chi connectivity index (χ3v) is 1.45. The minimum Gasteiger partial charge on any atom is -0.240 e. The van der Waals surface area contributed by atoms with E-state index in [-0.39, 0.29) is 0 Å². The second kappa shape index (κ2) is 4.24. The van der Waals surface area contributed by atoms with Gasteiger partial charge in [-0.05, 0) is 6.92 Å². The van der Waals surface area contributed by atoms with E-state index in [2.05, 4.69) is 19.3 Å². The Morgan fingerprint density at radius 2 is 2.09 bits per heavy atom. The van der Waals surface area contributed by atoms with E-state index in [4.69, 9.17) is 5.26 Å². The van der Waals surface area contributed by atoms with Crippen LogP contribution in [0.25, 0.3) is 0 Å². The van der Waals surface area contributed by atoms with Gasteiger partial charge < -0.3 is 0 Å². The van der Waals surface area contributed by atoms with Crippen LogP contribution in [0.1, 0.15) is 5.82 Å². The lowest BCUT2D eigenvalue weighted by Gasteiger charge is -1.95. The van der Waals surface area contributed by atoms with Crippen molar-refractivity contribution in [3.05, 3.63) is 18.2 Å². The maximum atomic E-state index is 7.80. The van der Waals surface area contributed by atoms with E-state index in [0.717, 1.165) is 12.0 Å². The van der Waals surface area contributed by atoms with E-state index in [1.165, 1.54) is 0 Å². The fraction of sp³-hybridized carbons (Fsp3) is 0.200. The molecule has 1 N–H and O–H groups in total. The molecule has 0 amide bonds. The Labute approximate surface area is 67.4 Å². The fourth-order valence-electron chi connectivity index (χ4n) is 0.478. The van der Waals surface area contributed by atoms with Crippen molar-refractivity contribution in [2.24, 2.45) is 0 Å². The highest BCUT2D eigenvalue weighted by atomic mass is 32.2. The zero-order valence-electron chi connectivity index (χ0n) is 5.72. The zero-order valence-corrected chi connectivity index (χ0v) is 6.54. The van der Waals surface area contributed by atoms with Crippen LogP contribution in [-0.4, -0.2) is 15.2 Å². The second-order valence-corrected chi connectivity index (χ2v) is 2.47. The van der Waals surface area contributed by atoms with Crippen molar-refractivity contribution in [3.63, 3.8) is 0 Å². The van der Waals surface area contributed by atoms with Gasteiger partial charge in [-0.1, -0.05) is 5.04 Å². The molecule has 1 aromatic rings. The second-order valence-electron chi connectivity index (χ2n) is 1.69. The van der Waals surface area contributed by atoms with Gasteiger partial charge in [0.1, 0.15) is 5.82 Å². The van der Waals surface area contributed by atoms with Gasteiger partial charge in [-0.25, -0.2) is 15.2 Å². The molecule has 1 rings (SSSR count). The number of nitrogens with zero attached hydrogens (tertiary/aromatic N) is 2. The van der Waals surface area contributed by atoms with E-state index in [9.17, 15) is 0 Å². The lowest BCUT2D eigenvalue weighted by atomic mass is 10.6. The molecule has 0 unspecified atom stereocenters. The van der Waals surface area contributed by atoms with Crippen molar-refractivity contribution in [1.82, 2.24) is 9.97 Å². The summed E-state index contributed by atoms with van der Waals surface area (Å²) in [4.78, 5) is 8.42. The van der Waals surface area contributed by atoms with Gasteiger partial charge in [0.15, 0.2) is 0 Å². The Morgan fingerprint density at radius 1 is 1.45 bits per heavy atom. The van der Waals surface area contributed by atoms with Crippen molar-refractivity contribution in [2.45, 2.75) is 11.8 Å². The van der Waals surface area contributed by atoms with Crippen molar-refractivity contribution in [1.29, 1.82) is 0 Å². The number of hydrogen-bond acceptors (Lipinski definition) is 6. The quantitative estimate of drug-likeness (QED) is 0.422. The van der Waals surface area contributed by atoms with Crippen LogP contribution in [0.5, 0.6) is 0 Å². The molecule has 0 aliphatic heterocycles. The first kappa shape index (κ1) is 8.41. The Morgan fingerprint density at radius 3 is 2.64 bits per heavy atom. The summed E-state index contributed by atoms with van der Waals surface area (Å²) in [7, 11) is 0. The van der Waals surface area contributed by atoms with Crippen LogP contribution in [0.4, 0.5) is 0 Å². The Balaban J connectivity index is 2.52. The van der Waals surface area contributed by atoms with Gasteiger partial charge >= 0.3 is 0 Å². The first-order valence-corrected chi connectivity index (χ1v) is 3.50. The zero-order chi connectivity index (χ0) is 8.10. The summed E-state index contributed by atoms with van der Waals surface area (Å²) in [5.74, 6) is 0.680. The van der Waals surface area contributed by atoms with Crippen LogP contribution < -0.4 is 0 Å². The van der Waals surface area contributed by atoms with Crippen molar-refractivity contribution in [3.8, 4) is 0 Å².